The van der Waals surface area contributed by atoms with Crippen LogP contribution in [0.4, 0.5) is 13.2 Å². The van der Waals surface area contributed by atoms with Crippen molar-refractivity contribution >= 4 is 29.9 Å². The minimum absolute atomic E-state index is 0. The van der Waals surface area contributed by atoms with E-state index < -0.39 is 11.7 Å². The van der Waals surface area contributed by atoms with Gasteiger partial charge >= 0.3 is 6.18 Å². The van der Waals surface area contributed by atoms with Gasteiger partial charge in [0.2, 0.25) is 0 Å². The van der Waals surface area contributed by atoms with Gasteiger partial charge in [0.15, 0.2) is 5.96 Å². The van der Waals surface area contributed by atoms with E-state index >= 15 is 0 Å². The third kappa shape index (κ3) is 6.94. The zero-order chi connectivity index (χ0) is 18.3. The number of aliphatic imine (C=N–C) groups is 1. The fraction of sp³-hybridized carbons (Fsp3) is 0.611. The number of benzene rings is 1. The highest BCUT2D eigenvalue weighted by Crippen LogP contribution is 2.29. The summed E-state index contributed by atoms with van der Waals surface area (Å²) in [6, 6.07) is 5.67. The normalized spacial score (nSPS) is 18.5. The minimum Gasteiger partial charge on any atom is -0.357 e. The molecule has 1 aliphatic rings. The van der Waals surface area contributed by atoms with Gasteiger partial charge in [0.25, 0.3) is 0 Å². The molecule has 0 spiro atoms. The molecule has 8 heteroatoms. The van der Waals surface area contributed by atoms with E-state index in [1.165, 1.54) is 25.0 Å². The van der Waals surface area contributed by atoms with Crippen molar-refractivity contribution in [3.8, 4) is 0 Å². The van der Waals surface area contributed by atoms with E-state index in [1.807, 2.05) is 6.92 Å². The number of rotatable bonds is 6. The number of halogens is 4. The van der Waals surface area contributed by atoms with E-state index in [0.29, 0.717) is 18.5 Å². The van der Waals surface area contributed by atoms with Crippen LogP contribution < -0.4 is 10.6 Å². The van der Waals surface area contributed by atoms with Gasteiger partial charge in [0.1, 0.15) is 0 Å². The van der Waals surface area contributed by atoms with Crippen LogP contribution >= 0.6 is 24.0 Å². The number of likely N-dealkylation sites (tertiary alicyclic amines) is 1. The molecule has 1 fully saturated rings. The first-order chi connectivity index (χ1) is 11.9. The van der Waals surface area contributed by atoms with Crippen molar-refractivity contribution in [3.05, 3.63) is 35.4 Å². The van der Waals surface area contributed by atoms with Gasteiger partial charge in [-0.25, -0.2) is 4.99 Å². The summed E-state index contributed by atoms with van der Waals surface area (Å²) in [6.45, 7) is 8.25. The summed E-state index contributed by atoms with van der Waals surface area (Å²) in [5.41, 5.74) is 0.118. The molecule has 1 heterocycles. The molecule has 0 aromatic heterocycles. The SMILES string of the molecule is CCNC(=NCc1ccc(C(F)(F)F)cc1)NCC1CCCN1CC.I. The van der Waals surface area contributed by atoms with Crippen LogP contribution in [-0.4, -0.2) is 43.1 Å². The molecule has 0 aliphatic carbocycles. The Balaban J connectivity index is 0.00000338. The molecule has 2 N–H and O–H groups in total. The van der Waals surface area contributed by atoms with Crippen LogP contribution in [0.3, 0.4) is 0 Å². The van der Waals surface area contributed by atoms with Gasteiger partial charge in [-0.15, -0.1) is 24.0 Å². The van der Waals surface area contributed by atoms with Crippen LogP contribution in [0, 0.1) is 0 Å². The van der Waals surface area contributed by atoms with Crippen LogP contribution in [0.2, 0.25) is 0 Å². The molecule has 0 amide bonds. The zero-order valence-corrected chi connectivity index (χ0v) is 17.6. The lowest BCUT2D eigenvalue weighted by molar-refractivity contribution is -0.137. The maximum Gasteiger partial charge on any atom is 0.416 e. The molecule has 0 saturated carbocycles. The number of guanidine groups is 1. The molecular formula is C18H28F3IN4. The summed E-state index contributed by atoms with van der Waals surface area (Å²) in [7, 11) is 0. The number of nitrogens with zero attached hydrogens (tertiary/aromatic N) is 2. The maximum atomic E-state index is 12.6. The highest BCUT2D eigenvalue weighted by molar-refractivity contribution is 14.0. The fourth-order valence-corrected chi connectivity index (χ4v) is 3.07. The Morgan fingerprint density at radius 3 is 2.46 bits per heavy atom. The Labute approximate surface area is 170 Å². The molecule has 1 aromatic carbocycles. The second-order valence-corrected chi connectivity index (χ2v) is 6.20. The van der Waals surface area contributed by atoms with E-state index in [-0.39, 0.29) is 24.0 Å². The Bertz CT molecular complexity index is 561. The first kappa shape index (κ1) is 23.0. The Hall–Kier alpha value is -1.03. The minimum atomic E-state index is -4.30. The summed E-state index contributed by atoms with van der Waals surface area (Å²) >= 11 is 0. The van der Waals surface area contributed by atoms with Crippen LogP contribution in [0.5, 0.6) is 0 Å². The monoisotopic (exact) mass is 484 g/mol. The lowest BCUT2D eigenvalue weighted by Crippen LogP contribution is -2.44. The summed E-state index contributed by atoms with van der Waals surface area (Å²) < 4.78 is 37.8. The van der Waals surface area contributed by atoms with Gasteiger partial charge < -0.3 is 10.6 Å². The van der Waals surface area contributed by atoms with Gasteiger partial charge in [-0.1, -0.05) is 19.1 Å². The highest BCUT2D eigenvalue weighted by Gasteiger charge is 2.29. The molecule has 1 aliphatic heterocycles. The number of nitrogens with one attached hydrogen (secondary N) is 2. The van der Waals surface area contributed by atoms with Crippen molar-refractivity contribution in [2.75, 3.05) is 26.2 Å². The number of hydrogen-bond acceptors (Lipinski definition) is 2. The molecule has 1 aromatic rings. The number of likely N-dealkylation sites (N-methyl/N-ethyl adjacent to an activating group) is 1. The third-order valence-corrected chi connectivity index (χ3v) is 4.46. The smallest absolute Gasteiger partial charge is 0.357 e. The number of hydrogen-bond donors (Lipinski definition) is 2. The molecule has 2 rings (SSSR count). The quantitative estimate of drug-likeness (QED) is 0.366. The van der Waals surface area contributed by atoms with Crippen LogP contribution in [0.1, 0.15) is 37.8 Å². The zero-order valence-electron chi connectivity index (χ0n) is 15.3. The average molecular weight is 484 g/mol. The Morgan fingerprint density at radius 1 is 1.19 bits per heavy atom. The summed E-state index contributed by atoms with van der Waals surface area (Å²) in [5, 5.41) is 6.54. The standard InChI is InChI=1S/C18H27F3N4.HI/c1-3-22-17(24-13-16-6-5-11-25(16)4-2)23-12-14-7-9-15(10-8-14)18(19,20)21;/h7-10,16H,3-6,11-13H2,1-2H3,(H2,22,23,24);1H. The largest absolute Gasteiger partial charge is 0.416 e. The third-order valence-electron chi connectivity index (χ3n) is 4.46. The predicted octanol–water partition coefficient (Wildman–Crippen LogP) is 3.86. The molecule has 0 bridgehead atoms. The van der Waals surface area contributed by atoms with Gasteiger partial charge in [-0.2, -0.15) is 13.2 Å². The van der Waals surface area contributed by atoms with E-state index in [4.69, 9.17) is 0 Å². The van der Waals surface area contributed by atoms with Crippen molar-refractivity contribution < 1.29 is 13.2 Å². The topological polar surface area (TPSA) is 39.7 Å². The molecule has 0 radical (unpaired) electrons. The Morgan fingerprint density at radius 2 is 1.88 bits per heavy atom. The number of alkyl halides is 3. The molecule has 1 saturated heterocycles. The van der Waals surface area contributed by atoms with Crippen molar-refractivity contribution in [1.29, 1.82) is 0 Å². The van der Waals surface area contributed by atoms with Crippen LogP contribution in [0.25, 0.3) is 0 Å². The van der Waals surface area contributed by atoms with Crippen LogP contribution in [0.15, 0.2) is 29.3 Å². The average Bonchev–Trinajstić information content (AvgIpc) is 3.04. The molecule has 1 unspecified atom stereocenters. The fourth-order valence-electron chi connectivity index (χ4n) is 3.07. The van der Waals surface area contributed by atoms with Gasteiger partial charge in [-0.05, 0) is 50.6 Å². The first-order valence-electron chi connectivity index (χ1n) is 8.86. The van der Waals surface area contributed by atoms with Crippen molar-refractivity contribution in [2.24, 2.45) is 4.99 Å². The molecule has 26 heavy (non-hydrogen) atoms. The summed E-state index contributed by atoms with van der Waals surface area (Å²) in [6.07, 6.45) is -1.90. The second kappa shape index (κ2) is 11.0. The van der Waals surface area contributed by atoms with E-state index in [1.54, 1.807) is 0 Å². The molecule has 1 atom stereocenters. The molecular weight excluding hydrogens is 456 g/mol. The van der Waals surface area contributed by atoms with Crippen molar-refractivity contribution in [2.45, 2.75) is 45.5 Å². The summed E-state index contributed by atoms with van der Waals surface area (Å²) in [5.74, 6) is 0.699. The Kier molecular flexibility index (Phi) is 9.70. The first-order valence-corrected chi connectivity index (χ1v) is 8.86. The van der Waals surface area contributed by atoms with E-state index in [0.717, 1.165) is 43.9 Å². The summed E-state index contributed by atoms with van der Waals surface area (Å²) in [4.78, 5) is 6.93. The van der Waals surface area contributed by atoms with E-state index in [2.05, 4.69) is 27.4 Å². The molecule has 148 valence electrons. The van der Waals surface area contributed by atoms with Gasteiger partial charge in [0.05, 0.1) is 12.1 Å². The second-order valence-electron chi connectivity index (χ2n) is 6.20. The maximum absolute atomic E-state index is 12.6. The van der Waals surface area contributed by atoms with Crippen LogP contribution in [-0.2, 0) is 12.7 Å². The lowest BCUT2D eigenvalue weighted by Gasteiger charge is -2.24. The molecule has 4 nitrogen and oxygen atoms in total. The lowest BCUT2D eigenvalue weighted by atomic mass is 10.1. The predicted molar refractivity (Wildman–Crippen MR) is 110 cm³/mol. The van der Waals surface area contributed by atoms with Crippen molar-refractivity contribution in [1.82, 2.24) is 15.5 Å². The van der Waals surface area contributed by atoms with Gasteiger partial charge in [0, 0.05) is 19.1 Å². The van der Waals surface area contributed by atoms with E-state index in [9.17, 15) is 13.2 Å². The highest BCUT2D eigenvalue weighted by atomic mass is 127. The van der Waals surface area contributed by atoms with Gasteiger partial charge in [-0.3, -0.25) is 4.90 Å². The van der Waals surface area contributed by atoms with Crippen molar-refractivity contribution in [3.63, 3.8) is 0 Å².